The molecule has 148 valence electrons. The molecule has 0 spiro atoms. The molecule has 28 heavy (non-hydrogen) atoms. The first kappa shape index (κ1) is 19.0. The van der Waals surface area contributed by atoms with Gasteiger partial charge in [0.1, 0.15) is 0 Å². The zero-order valence-electron chi connectivity index (χ0n) is 16.2. The van der Waals surface area contributed by atoms with Crippen LogP contribution in [0.2, 0.25) is 0 Å². The number of amides is 1. The van der Waals surface area contributed by atoms with Crippen LogP contribution in [0.4, 0.5) is 11.4 Å². The minimum Gasteiger partial charge on any atom is -0.366 e. The Morgan fingerprint density at radius 3 is 2.46 bits per heavy atom. The van der Waals surface area contributed by atoms with Crippen molar-refractivity contribution in [2.24, 2.45) is 0 Å². The van der Waals surface area contributed by atoms with Crippen LogP contribution in [0.3, 0.4) is 0 Å². The molecule has 1 fully saturated rings. The lowest BCUT2D eigenvalue weighted by molar-refractivity contribution is -0.116. The molecule has 1 amide bonds. The number of benzene rings is 2. The topological polar surface area (TPSA) is 60.9 Å². The molecule has 0 saturated carbocycles. The van der Waals surface area contributed by atoms with Gasteiger partial charge in [-0.1, -0.05) is 18.2 Å². The molecule has 7 heteroatoms. The predicted octanol–water partition coefficient (Wildman–Crippen LogP) is 2.50. The Morgan fingerprint density at radius 1 is 1.04 bits per heavy atom. The highest BCUT2D eigenvalue weighted by Crippen LogP contribution is 2.32. The Balaban J connectivity index is 1.54. The van der Waals surface area contributed by atoms with Gasteiger partial charge < -0.3 is 9.80 Å². The fraction of sp³-hybridized carbons (Fsp3) is 0.381. The molecule has 0 radical (unpaired) electrons. The summed E-state index contributed by atoms with van der Waals surface area (Å²) < 4.78 is 28.0. The van der Waals surface area contributed by atoms with E-state index in [1.807, 2.05) is 18.2 Å². The SMILES string of the molecule is CC(=O)N1CCc2cc(S(=O)(=O)N3CCN(c4ccccc4)C(C)C3)ccc21. The summed E-state index contributed by atoms with van der Waals surface area (Å²) in [6.45, 7) is 5.77. The smallest absolute Gasteiger partial charge is 0.243 e. The van der Waals surface area contributed by atoms with Crippen LogP contribution in [0.5, 0.6) is 0 Å². The summed E-state index contributed by atoms with van der Waals surface area (Å²) in [5.41, 5.74) is 2.87. The largest absolute Gasteiger partial charge is 0.366 e. The number of carbonyl (C=O) groups is 1. The zero-order valence-corrected chi connectivity index (χ0v) is 17.0. The van der Waals surface area contributed by atoms with Crippen LogP contribution in [0.25, 0.3) is 0 Å². The molecule has 2 aromatic carbocycles. The van der Waals surface area contributed by atoms with Crippen molar-refractivity contribution in [3.8, 4) is 0 Å². The summed E-state index contributed by atoms with van der Waals surface area (Å²) in [6, 6.07) is 15.3. The molecule has 2 heterocycles. The molecular weight excluding hydrogens is 374 g/mol. The molecule has 1 unspecified atom stereocenters. The summed E-state index contributed by atoms with van der Waals surface area (Å²) in [4.78, 5) is 16.0. The van der Waals surface area contributed by atoms with Gasteiger partial charge in [0.25, 0.3) is 0 Å². The average molecular weight is 400 g/mol. The molecule has 0 bridgehead atoms. The number of anilines is 2. The summed E-state index contributed by atoms with van der Waals surface area (Å²) in [7, 11) is -3.56. The van der Waals surface area contributed by atoms with E-state index in [-0.39, 0.29) is 11.9 Å². The molecule has 2 aromatic rings. The highest BCUT2D eigenvalue weighted by atomic mass is 32.2. The van der Waals surface area contributed by atoms with Crippen LogP contribution in [0.1, 0.15) is 19.4 Å². The Kier molecular flexibility index (Phi) is 4.89. The zero-order chi connectivity index (χ0) is 19.9. The third-order valence-electron chi connectivity index (χ3n) is 5.64. The van der Waals surface area contributed by atoms with Crippen molar-refractivity contribution in [1.82, 2.24) is 4.31 Å². The first-order valence-corrected chi connectivity index (χ1v) is 11.0. The minimum atomic E-state index is -3.56. The summed E-state index contributed by atoms with van der Waals surface area (Å²) in [6.07, 6.45) is 0.691. The van der Waals surface area contributed by atoms with Gasteiger partial charge in [0, 0.05) is 50.5 Å². The number of nitrogens with zero attached hydrogens (tertiary/aromatic N) is 3. The lowest BCUT2D eigenvalue weighted by Crippen LogP contribution is -2.53. The van der Waals surface area contributed by atoms with Gasteiger partial charge in [-0.3, -0.25) is 4.79 Å². The highest BCUT2D eigenvalue weighted by molar-refractivity contribution is 7.89. The van der Waals surface area contributed by atoms with Gasteiger partial charge in [-0.05, 0) is 49.2 Å². The van der Waals surface area contributed by atoms with Crippen molar-refractivity contribution in [1.29, 1.82) is 0 Å². The number of para-hydroxylation sites is 1. The third kappa shape index (κ3) is 3.29. The number of sulfonamides is 1. The van der Waals surface area contributed by atoms with Crippen LogP contribution < -0.4 is 9.80 Å². The number of fused-ring (bicyclic) bond motifs is 1. The van der Waals surface area contributed by atoms with Crippen LogP contribution in [0, 0.1) is 0 Å². The normalized spacial score (nSPS) is 20.3. The predicted molar refractivity (Wildman–Crippen MR) is 110 cm³/mol. The van der Waals surface area contributed by atoms with E-state index in [1.165, 1.54) is 6.92 Å². The molecule has 0 aromatic heterocycles. The van der Waals surface area contributed by atoms with E-state index in [0.29, 0.717) is 37.5 Å². The van der Waals surface area contributed by atoms with Gasteiger partial charge in [0.05, 0.1) is 4.90 Å². The van der Waals surface area contributed by atoms with Crippen LogP contribution in [-0.2, 0) is 21.2 Å². The molecule has 4 rings (SSSR count). The third-order valence-corrected chi connectivity index (χ3v) is 7.50. The fourth-order valence-corrected chi connectivity index (χ4v) is 5.72. The fourth-order valence-electron chi connectivity index (χ4n) is 4.16. The molecule has 2 aliphatic rings. The number of hydrogen-bond donors (Lipinski definition) is 0. The molecule has 1 saturated heterocycles. The van der Waals surface area contributed by atoms with E-state index < -0.39 is 10.0 Å². The summed E-state index contributed by atoms with van der Waals surface area (Å²) in [5.74, 6) is -0.0137. The van der Waals surface area contributed by atoms with Crippen LogP contribution >= 0.6 is 0 Å². The van der Waals surface area contributed by atoms with E-state index >= 15 is 0 Å². The second-order valence-electron chi connectivity index (χ2n) is 7.45. The van der Waals surface area contributed by atoms with Crippen molar-refractivity contribution < 1.29 is 13.2 Å². The maximum absolute atomic E-state index is 13.2. The first-order chi connectivity index (χ1) is 13.4. The highest BCUT2D eigenvalue weighted by Gasteiger charge is 2.33. The van der Waals surface area contributed by atoms with Gasteiger partial charge >= 0.3 is 0 Å². The Labute approximate surface area is 166 Å². The van der Waals surface area contributed by atoms with Crippen LogP contribution in [0.15, 0.2) is 53.4 Å². The Hall–Kier alpha value is -2.38. The van der Waals surface area contributed by atoms with Gasteiger partial charge in [-0.15, -0.1) is 0 Å². The van der Waals surface area contributed by atoms with E-state index in [1.54, 1.807) is 27.4 Å². The number of rotatable bonds is 3. The molecular formula is C21H25N3O3S. The van der Waals surface area contributed by atoms with E-state index in [9.17, 15) is 13.2 Å². The summed E-state index contributed by atoms with van der Waals surface area (Å²) >= 11 is 0. The van der Waals surface area contributed by atoms with E-state index in [0.717, 1.165) is 16.9 Å². The first-order valence-electron chi connectivity index (χ1n) is 9.61. The van der Waals surface area contributed by atoms with E-state index in [2.05, 4.69) is 24.0 Å². The number of hydrogen-bond acceptors (Lipinski definition) is 4. The Morgan fingerprint density at radius 2 is 1.79 bits per heavy atom. The van der Waals surface area contributed by atoms with Crippen molar-refractivity contribution in [2.75, 3.05) is 36.0 Å². The van der Waals surface area contributed by atoms with Gasteiger partial charge in [0.2, 0.25) is 15.9 Å². The van der Waals surface area contributed by atoms with Gasteiger partial charge in [-0.25, -0.2) is 8.42 Å². The second-order valence-corrected chi connectivity index (χ2v) is 9.39. The standard InChI is InChI=1S/C21H25N3O3S/c1-16-15-22(12-13-23(16)19-6-4-3-5-7-19)28(26,27)20-8-9-21-18(14-20)10-11-24(21)17(2)25/h3-9,14,16H,10-13,15H2,1-2H3. The molecule has 1 atom stereocenters. The van der Waals surface area contributed by atoms with Gasteiger partial charge in [0.15, 0.2) is 0 Å². The van der Waals surface area contributed by atoms with Crippen LogP contribution in [-0.4, -0.2) is 50.9 Å². The van der Waals surface area contributed by atoms with Crippen molar-refractivity contribution >= 4 is 27.3 Å². The maximum atomic E-state index is 13.2. The molecule has 6 nitrogen and oxygen atoms in total. The maximum Gasteiger partial charge on any atom is 0.243 e. The average Bonchev–Trinajstić information content (AvgIpc) is 3.12. The monoisotopic (exact) mass is 399 g/mol. The molecule has 0 aliphatic carbocycles. The second kappa shape index (κ2) is 7.22. The van der Waals surface area contributed by atoms with Crippen molar-refractivity contribution in [3.63, 3.8) is 0 Å². The number of carbonyl (C=O) groups excluding carboxylic acids is 1. The lowest BCUT2D eigenvalue weighted by Gasteiger charge is -2.40. The molecule has 2 aliphatic heterocycles. The molecule has 0 N–H and O–H groups in total. The Bertz CT molecular complexity index is 991. The number of piperazine rings is 1. The summed E-state index contributed by atoms with van der Waals surface area (Å²) in [5, 5.41) is 0. The minimum absolute atomic E-state index is 0.0137. The lowest BCUT2D eigenvalue weighted by atomic mass is 10.2. The quantitative estimate of drug-likeness (QED) is 0.796. The van der Waals surface area contributed by atoms with Crippen molar-refractivity contribution in [2.45, 2.75) is 31.2 Å². The van der Waals surface area contributed by atoms with E-state index in [4.69, 9.17) is 0 Å². The van der Waals surface area contributed by atoms with Gasteiger partial charge in [-0.2, -0.15) is 4.31 Å². The van der Waals surface area contributed by atoms with Crippen molar-refractivity contribution in [3.05, 3.63) is 54.1 Å².